The second-order valence-corrected chi connectivity index (χ2v) is 7.11. The predicted octanol–water partition coefficient (Wildman–Crippen LogP) is 2.57. The maximum Gasteiger partial charge on any atom is 0.243 e. The van der Waals surface area contributed by atoms with E-state index in [2.05, 4.69) is 31.6 Å². The SMILES string of the molecule is CCOCCCNC(=NCC(=O)N(C)C)NCCCc1ccc(Br)cc1F. The topological polar surface area (TPSA) is 66.0 Å². The van der Waals surface area contributed by atoms with Gasteiger partial charge in [0.05, 0.1) is 0 Å². The fraction of sp³-hybridized carbons (Fsp3) is 0.579. The summed E-state index contributed by atoms with van der Waals surface area (Å²) in [6, 6.07) is 5.10. The molecule has 0 aliphatic heterocycles. The van der Waals surface area contributed by atoms with Crippen molar-refractivity contribution in [3.8, 4) is 0 Å². The van der Waals surface area contributed by atoms with Gasteiger partial charge in [0, 0.05) is 44.9 Å². The lowest BCUT2D eigenvalue weighted by atomic mass is 10.1. The molecule has 1 aromatic rings. The number of carbonyl (C=O) groups excluding carboxylic acids is 1. The molecule has 0 aliphatic carbocycles. The molecular weight excluding hydrogens is 415 g/mol. The van der Waals surface area contributed by atoms with Gasteiger partial charge in [-0.05, 0) is 43.9 Å². The highest BCUT2D eigenvalue weighted by Crippen LogP contribution is 2.16. The Labute approximate surface area is 169 Å². The van der Waals surface area contributed by atoms with Crippen LogP contribution in [0.2, 0.25) is 0 Å². The number of rotatable bonds is 11. The molecule has 0 aliphatic rings. The van der Waals surface area contributed by atoms with E-state index in [1.54, 1.807) is 20.2 Å². The van der Waals surface area contributed by atoms with Gasteiger partial charge in [-0.1, -0.05) is 22.0 Å². The third-order valence-electron chi connectivity index (χ3n) is 3.76. The van der Waals surface area contributed by atoms with Crippen molar-refractivity contribution in [2.75, 3.05) is 46.9 Å². The molecule has 0 unspecified atom stereocenters. The van der Waals surface area contributed by atoms with Crippen LogP contribution < -0.4 is 10.6 Å². The van der Waals surface area contributed by atoms with Crippen LogP contribution >= 0.6 is 15.9 Å². The zero-order valence-corrected chi connectivity index (χ0v) is 17.9. The fourth-order valence-corrected chi connectivity index (χ4v) is 2.53. The summed E-state index contributed by atoms with van der Waals surface area (Å²) in [7, 11) is 3.40. The standard InChI is InChI=1S/C19H30BrFN4O2/c1-4-27-12-6-11-23-19(24-14-18(26)25(2)3)22-10-5-7-15-8-9-16(20)13-17(15)21/h8-9,13H,4-7,10-12,14H2,1-3H3,(H2,22,23,24). The van der Waals surface area contributed by atoms with Gasteiger partial charge in [0.25, 0.3) is 0 Å². The second-order valence-electron chi connectivity index (χ2n) is 6.20. The van der Waals surface area contributed by atoms with Crippen LogP contribution in [0.4, 0.5) is 4.39 Å². The number of carbonyl (C=O) groups is 1. The largest absolute Gasteiger partial charge is 0.382 e. The Morgan fingerprint density at radius 1 is 1.26 bits per heavy atom. The van der Waals surface area contributed by atoms with Crippen LogP contribution in [-0.2, 0) is 16.0 Å². The Morgan fingerprint density at radius 2 is 1.96 bits per heavy atom. The van der Waals surface area contributed by atoms with Crippen molar-refractivity contribution in [1.29, 1.82) is 0 Å². The lowest BCUT2D eigenvalue weighted by molar-refractivity contribution is -0.127. The van der Waals surface area contributed by atoms with Crippen LogP contribution in [-0.4, -0.2) is 63.7 Å². The normalized spacial score (nSPS) is 11.4. The zero-order valence-electron chi connectivity index (χ0n) is 16.4. The Hall–Kier alpha value is -1.67. The number of nitrogens with one attached hydrogen (secondary N) is 2. The first-order valence-electron chi connectivity index (χ1n) is 9.18. The smallest absolute Gasteiger partial charge is 0.243 e. The van der Waals surface area contributed by atoms with Crippen LogP contribution in [0.25, 0.3) is 0 Å². The van der Waals surface area contributed by atoms with Crippen LogP contribution in [0.1, 0.15) is 25.3 Å². The monoisotopic (exact) mass is 444 g/mol. The van der Waals surface area contributed by atoms with Gasteiger partial charge in [0.1, 0.15) is 12.4 Å². The van der Waals surface area contributed by atoms with Gasteiger partial charge >= 0.3 is 0 Å². The quantitative estimate of drug-likeness (QED) is 0.312. The summed E-state index contributed by atoms with van der Waals surface area (Å²) in [6.45, 7) is 4.74. The molecule has 1 rings (SSSR count). The van der Waals surface area contributed by atoms with E-state index in [1.807, 2.05) is 13.0 Å². The first kappa shape index (κ1) is 23.4. The third kappa shape index (κ3) is 10.3. The summed E-state index contributed by atoms with van der Waals surface area (Å²) in [5, 5.41) is 6.40. The highest BCUT2D eigenvalue weighted by molar-refractivity contribution is 9.10. The molecule has 8 heteroatoms. The Kier molecular flexibility index (Phi) is 11.7. The molecule has 0 heterocycles. The van der Waals surface area contributed by atoms with E-state index in [4.69, 9.17) is 4.74 Å². The van der Waals surface area contributed by atoms with Crippen LogP contribution in [0.5, 0.6) is 0 Å². The zero-order chi connectivity index (χ0) is 20.1. The van der Waals surface area contributed by atoms with Gasteiger partial charge in [0.15, 0.2) is 5.96 Å². The van der Waals surface area contributed by atoms with E-state index < -0.39 is 0 Å². The van der Waals surface area contributed by atoms with Crippen molar-refractivity contribution in [3.63, 3.8) is 0 Å². The number of benzene rings is 1. The number of aliphatic imine (C=N–C) groups is 1. The van der Waals surface area contributed by atoms with Gasteiger partial charge < -0.3 is 20.3 Å². The maximum absolute atomic E-state index is 13.8. The van der Waals surface area contributed by atoms with E-state index in [0.717, 1.165) is 17.3 Å². The summed E-state index contributed by atoms with van der Waals surface area (Å²) in [5.74, 6) is 0.309. The lowest BCUT2D eigenvalue weighted by Crippen LogP contribution is -2.39. The molecule has 0 radical (unpaired) electrons. The van der Waals surface area contributed by atoms with E-state index in [9.17, 15) is 9.18 Å². The minimum atomic E-state index is -0.205. The summed E-state index contributed by atoms with van der Waals surface area (Å²) >= 11 is 3.26. The molecule has 0 fully saturated rings. The summed E-state index contributed by atoms with van der Waals surface area (Å²) in [4.78, 5) is 17.6. The van der Waals surface area contributed by atoms with Crippen molar-refractivity contribution >= 4 is 27.8 Å². The van der Waals surface area contributed by atoms with Crippen LogP contribution in [0.3, 0.4) is 0 Å². The van der Waals surface area contributed by atoms with Crippen molar-refractivity contribution < 1.29 is 13.9 Å². The number of guanidine groups is 1. The summed E-state index contributed by atoms with van der Waals surface area (Å²) < 4.78 is 19.9. The molecule has 27 heavy (non-hydrogen) atoms. The van der Waals surface area contributed by atoms with E-state index >= 15 is 0 Å². The Morgan fingerprint density at radius 3 is 2.59 bits per heavy atom. The number of amides is 1. The fourth-order valence-electron chi connectivity index (χ4n) is 2.20. The summed E-state index contributed by atoms with van der Waals surface area (Å²) in [5.41, 5.74) is 0.686. The molecule has 0 aromatic heterocycles. The minimum Gasteiger partial charge on any atom is -0.382 e. The average molecular weight is 445 g/mol. The molecule has 152 valence electrons. The Bertz CT molecular complexity index is 611. The molecule has 0 atom stereocenters. The summed E-state index contributed by atoms with van der Waals surface area (Å²) in [6.07, 6.45) is 2.22. The molecule has 1 amide bonds. The van der Waals surface area contributed by atoms with Crippen molar-refractivity contribution in [2.24, 2.45) is 4.99 Å². The molecule has 0 saturated heterocycles. The number of ether oxygens (including phenoxy) is 1. The van der Waals surface area contributed by atoms with Crippen LogP contribution in [0.15, 0.2) is 27.7 Å². The highest BCUT2D eigenvalue weighted by Gasteiger charge is 2.06. The number of aryl methyl sites for hydroxylation is 1. The molecule has 0 spiro atoms. The number of likely N-dealkylation sites (N-methyl/N-ethyl adjacent to an activating group) is 1. The molecule has 2 N–H and O–H groups in total. The van der Waals surface area contributed by atoms with Gasteiger partial charge in [-0.25, -0.2) is 9.38 Å². The average Bonchev–Trinajstić information content (AvgIpc) is 2.63. The predicted molar refractivity (Wildman–Crippen MR) is 111 cm³/mol. The lowest BCUT2D eigenvalue weighted by Gasteiger charge is -2.14. The van der Waals surface area contributed by atoms with E-state index in [0.29, 0.717) is 44.2 Å². The molecule has 0 saturated carbocycles. The van der Waals surface area contributed by atoms with E-state index in [1.165, 1.54) is 11.0 Å². The second kappa shape index (κ2) is 13.5. The minimum absolute atomic E-state index is 0.0673. The maximum atomic E-state index is 13.8. The first-order chi connectivity index (χ1) is 12.9. The molecule has 6 nitrogen and oxygen atoms in total. The highest BCUT2D eigenvalue weighted by atomic mass is 79.9. The molecule has 1 aromatic carbocycles. The number of hydrogen-bond donors (Lipinski definition) is 2. The molecular formula is C19H30BrFN4O2. The van der Waals surface area contributed by atoms with Gasteiger partial charge in [0.2, 0.25) is 5.91 Å². The number of halogens is 2. The Balaban J connectivity index is 2.46. The number of nitrogens with zero attached hydrogens (tertiary/aromatic N) is 2. The third-order valence-corrected chi connectivity index (χ3v) is 4.26. The van der Waals surface area contributed by atoms with Crippen molar-refractivity contribution in [3.05, 3.63) is 34.1 Å². The van der Waals surface area contributed by atoms with Gasteiger partial charge in [-0.15, -0.1) is 0 Å². The van der Waals surface area contributed by atoms with Crippen molar-refractivity contribution in [1.82, 2.24) is 15.5 Å². The van der Waals surface area contributed by atoms with Gasteiger partial charge in [-0.2, -0.15) is 0 Å². The van der Waals surface area contributed by atoms with E-state index in [-0.39, 0.29) is 18.3 Å². The number of hydrogen-bond acceptors (Lipinski definition) is 3. The first-order valence-corrected chi connectivity index (χ1v) is 9.97. The van der Waals surface area contributed by atoms with Gasteiger partial charge in [-0.3, -0.25) is 4.79 Å². The molecule has 0 bridgehead atoms. The van der Waals surface area contributed by atoms with Crippen LogP contribution in [0, 0.1) is 5.82 Å². The van der Waals surface area contributed by atoms with Crippen molar-refractivity contribution in [2.45, 2.75) is 26.2 Å².